The minimum absolute atomic E-state index is 0.103. The summed E-state index contributed by atoms with van der Waals surface area (Å²) >= 11 is 1.99. The third kappa shape index (κ3) is 2.86. The summed E-state index contributed by atoms with van der Waals surface area (Å²) in [6.07, 6.45) is 2.92. The number of hydrazone groups is 1. The van der Waals surface area contributed by atoms with E-state index in [-0.39, 0.29) is 11.7 Å². The van der Waals surface area contributed by atoms with Crippen LogP contribution in [0.25, 0.3) is 0 Å². The van der Waals surface area contributed by atoms with Crippen LogP contribution in [-0.4, -0.2) is 27.4 Å². The Morgan fingerprint density at radius 3 is 2.94 bits per heavy atom. The van der Waals surface area contributed by atoms with Crippen LogP contribution in [0.5, 0.6) is 5.75 Å². The molecule has 92 valence electrons. The van der Waals surface area contributed by atoms with Gasteiger partial charge >= 0.3 is 0 Å². The number of H-pyrrole nitrogens is 1. The summed E-state index contributed by atoms with van der Waals surface area (Å²) in [4.78, 5) is 11.6. The van der Waals surface area contributed by atoms with Gasteiger partial charge in [-0.15, -0.1) is 0 Å². The fourth-order valence-corrected chi connectivity index (χ4v) is 1.75. The van der Waals surface area contributed by atoms with Crippen molar-refractivity contribution in [3.8, 4) is 5.75 Å². The first-order chi connectivity index (χ1) is 8.68. The summed E-state index contributed by atoms with van der Waals surface area (Å²) < 4.78 is 0.711. The molecule has 2 rings (SSSR count). The monoisotopic (exact) mass is 356 g/mol. The number of nitrogens with one attached hydrogen (secondary N) is 2. The van der Waals surface area contributed by atoms with Crippen molar-refractivity contribution in [2.45, 2.75) is 0 Å². The molecule has 0 bridgehead atoms. The molecule has 2 aromatic rings. The second-order valence-corrected chi connectivity index (χ2v) is 4.51. The van der Waals surface area contributed by atoms with Crippen molar-refractivity contribution in [1.82, 2.24) is 15.6 Å². The van der Waals surface area contributed by atoms with Crippen LogP contribution in [0.2, 0.25) is 0 Å². The second-order valence-electron chi connectivity index (χ2n) is 3.35. The summed E-state index contributed by atoms with van der Waals surface area (Å²) in [7, 11) is 0. The molecule has 1 heterocycles. The minimum atomic E-state index is -0.386. The van der Waals surface area contributed by atoms with Gasteiger partial charge < -0.3 is 5.11 Å². The van der Waals surface area contributed by atoms with Gasteiger partial charge in [-0.2, -0.15) is 10.2 Å². The van der Waals surface area contributed by atoms with Gasteiger partial charge in [-0.25, -0.2) is 5.43 Å². The van der Waals surface area contributed by atoms with Gasteiger partial charge in [-0.05, 0) is 34.7 Å². The van der Waals surface area contributed by atoms with Gasteiger partial charge in [0.25, 0.3) is 5.91 Å². The Morgan fingerprint density at radius 1 is 1.50 bits per heavy atom. The van der Waals surface area contributed by atoms with Crippen LogP contribution in [0.15, 0.2) is 35.6 Å². The molecule has 0 fully saturated rings. The maximum Gasteiger partial charge on any atom is 0.290 e. The van der Waals surface area contributed by atoms with E-state index in [9.17, 15) is 9.90 Å². The number of aromatic amines is 1. The molecule has 0 aliphatic carbocycles. The molecule has 0 spiro atoms. The molecule has 0 radical (unpaired) electrons. The van der Waals surface area contributed by atoms with E-state index in [1.54, 1.807) is 30.5 Å². The number of rotatable bonds is 3. The minimum Gasteiger partial charge on any atom is -0.507 e. The number of aromatic hydroxyl groups is 1. The third-order valence-corrected chi connectivity index (χ3v) is 2.94. The molecule has 1 aromatic carbocycles. The lowest BCUT2D eigenvalue weighted by Crippen LogP contribution is -2.19. The number of phenolic OH excluding ortho intramolecular Hbond substituents is 1. The van der Waals surface area contributed by atoms with Crippen LogP contribution < -0.4 is 5.43 Å². The molecule has 7 heteroatoms. The summed E-state index contributed by atoms with van der Waals surface area (Å²) in [6.45, 7) is 0. The number of amides is 1. The van der Waals surface area contributed by atoms with Crippen LogP contribution in [0.1, 0.15) is 16.1 Å². The number of halogens is 1. The molecular weight excluding hydrogens is 347 g/mol. The molecule has 0 aliphatic heterocycles. The van der Waals surface area contributed by atoms with E-state index in [1.807, 2.05) is 22.6 Å². The molecule has 0 unspecified atom stereocenters. The number of benzene rings is 1. The Balaban J connectivity index is 2.03. The molecule has 18 heavy (non-hydrogen) atoms. The zero-order valence-corrected chi connectivity index (χ0v) is 11.2. The Bertz CT molecular complexity index is 594. The normalized spacial score (nSPS) is 10.7. The number of hydrogen-bond acceptors (Lipinski definition) is 4. The number of carbonyl (C=O) groups excluding carboxylic acids is 1. The largest absolute Gasteiger partial charge is 0.507 e. The first-order valence-electron chi connectivity index (χ1n) is 4.99. The van der Waals surface area contributed by atoms with E-state index in [2.05, 4.69) is 20.7 Å². The number of carbonyl (C=O) groups is 1. The predicted molar refractivity (Wildman–Crippen MR) is 74.5 cm³/mol. The fourth-order valence-electron chi connectivity index (χ4n) is 1.24. The van der Waals surface area contributed by atoms with E-state index >= 15 is 0 Å². The number of aromatic nitrogens is 2. The summed E-state index contributed by atoms with van der Waals surface area (Å²) in [5.41, 5.74) is 3.22. The quantitative estimate of drug-likeness (QED) is 0.442. The van der Waals surface area contributed by atoms with Crippen molar-refractivity contribution in [1.29, 1.82) is 0 Å². The Kier molecular flexibility index (Phi) is 3.92. The number of nitrogens with zero attached hydrogens (tertiary/aromatic N) is 2. The van der Waals surface area contributed by atoms with Gasteiger partial charge in [0.2, 0.25) is 0 Å². The van der Waals surface area contributed by atoms with Crippen LogP contribution in [0.4, 0.5) is 0 Å². The highest BCUT2D eigenvalue weighted by molar-refractivity contribution is 14.1. The smallest absolute Gasteiger partial charge is 0.290 e. The van der Waals surface area contributed by atoms with Gasteiger partial charge in [0, 0.05) is 5.56 Å². The molecule has 0 aliphatic rings. The van der Waals surface area contributed by atoms with Gasteiger partial charge in [0.05, 0.1) is 16.0 Å². The van der Waals surface area contributed by atoms with Gasteiger partial charge in [-0.3, -0.25) is 9.89 Å². The summed E-state index contributed by atoms with van der Waals surface area (Å²) in [6, 6.07) is 6.70. The molecule has 1 amide bonds. The predicted octanol–water partition coefficient (Wildman–Crippen LogP) is 1.48. The Morgan fingerprint density at radius 2 is 2.28 bits per heavy atom. The van der Waals surface area contributed by atoms with Crippen LogP contribution in [0, 0.1) is 3.57 Å². The molecule has 3 N–H and O–H groups in total. The number of hydrogen-bond donors (Lipinski definition) is 3. The highest BCUT2D eigenvalue weighted by atomic mass is 127. The van der Waals surface area contributed by atoms with E-state index in [1.165, 1.54) is 6.21 Å². The van der Waals surface area contributed by atoms with Crippen molar-refractivity contribution >= 4 is 34.7 Å². The number of phenols is 1. The highest BCUT2D eigenvalue weighted by Crippen LogP contribution is 2.12. The van der Waals surface area contributed by atoms with E-state index in [4.69, 9.17) is 0 Å². The van der Waals surface area contributed by atoms with Gasteiger partial charge in [0.15, 0.2) is 0 Å². The molecule has 0 saturated heterocycles. The average molecular weight is 356 g/mol. The number of para-hydroxylation sites is 1. The fraction of sp³-hybridized carbons (Fsp3) is 0. The molecule has 1 aromatic heterocycles. The maximum atomic E-state index is 11.6. The molecular formula is C11H9IN4O2. The second kappa shape index (κ2) is 5.63. The van der Waals surface area contributed by atoms with E-state index in [0.29, 0.717) is 14.8 Å². The average Bonchev–Trinajstić information content (AvgIpc) is 2.78. The Hall–Kier alpha value is -1.90. The van der Waals surface area contributed by atoms with Gasteiger partial charge in [0.1, 0.15) is 11.4 Å². The van der Waals surface area contributed by atoms with E-state index in [0.717, 1.165) is 0 Å². The third-order valence-electron chi connectivity index (χ3n) is 2.13. The lowest BCUT2D eigenvalue weighted by molar-refractivity contribution is 0.0949. The molecule has 6 nitrogen and oxygen atoms in total. The Labute approximate surface area is 116 Å². The molecule has 0 saturated carbocycles. The summed E-state index contributed by atoms with van der Waals surface area (Å²) in [5, 5.41) is 19.6. The van der Waals surface area contributed by atoms with Crippen LogP contribution in [0.3, 0.4) is 0 Å². The van der Waals surface area contributed by atoms with Gasteiger partial charge in [-0.1, -0.05) is 12.1 Å². The van der Waals surface area contributed by atoms with Crippen molar-refractivity contribution in [3.63, 3.8) is 0 Å². The first-order valence-corrected chi connectivity index (χ1v) is 6.06. The lowest BCUT2D eigenvalue weighted by Gasteiger charge is -1.98. The van der Waals surface area contributed by atoms with Crippen molar-refractivity contribution in [3.05, 3.63) is 45.3 Å². The van der Waals surface area contributed by atoms with E-state index < -0.39 is 0 Å². The maximum absolute atomic E-state index is 11.6. The van der Waals surface area contributed by atoms with Crippen molar-refractivity contribution < 1.29 is 9.90 Å². The lowest BCUT2D eigenvalue weighted by atomic mass is 10.2. The topological polar surface area (TPSA) is 90.4 Å². The summed E-state index contributed by atoms with van der Waals surface area (Å²) in [5.74, 6) is -0.282. The zero-order chi connectivity index (χ0) is 13.0. The standard InChI is InChI=1S/C11H9IN4O2/c12-8-6-14-15-10(8)11(18)16-13-5-7-3-1-2-4-9(7)17/h1-6,17H,(H,14,15)(H,16,18)/b13-5+. The van der Waals surface area contributed by atoms with Crippen molar-refractivity contribution in [2.24, 2.45) is 5.10 Å². The highest BCUT2D eigenvalue weighted by Gasteiger charge is 2.10. The first kappa shape index (κ1) is 12.6. The molecule has 0 atom stereocenters. The van der Waals surface area contributed by atoms with Crippen LogP contribution >= 0.6 is 22.6 Å². The van der Waals surface area contributed by atoms with Crippen LogP contribution in [-0.2, 0) is 0 Å². The SMILES string of the molecule is O=C(N/N=C/c1ccccc1O)c1[nH]ncc1I. The zero-order valence-electron chi connectivity index (χ0n) is 9.09. The van der Waals surface area contributed by atoms with Crippen molar-refractivity contribution in [2.75, 3.05) is 0 Å².